The molecular formula is C20H22ClF2N3O. The number of aryl methyl sites for hydroxylation is 1. The van der Waals surface area contributed by atoms with Gasteiger partial charge in [0.15, 0.2) is 5.82 Å². The van der Waals surface area contributed by atoms with Crippen molar-refractivity contribution in [1.82, 2.24) is 9.78 Å². The van der Waals surface area contributed by atoms with Crippen LogP contribution in [0.2, 0.25) is 5.02 Å². The van der Waals surface area contributed by atoms with Crippen LogP contribution in [-0.4, -0.2) is 21.6 Å². The third-order valence-corrected chi connectivity index (χ3v) is 5.87. The molecule has 2 aliphatic rings. The van der Waals surface area contributed by atoms with Crippen molar-refractivity contribution in [3.8, 4) is 11.3 Å². The molecule has 2 aliphatic carbocycles. The SMILES string of the molecule is Cn1nc(NC(=O)CC2CC(F)(F)C2)c(C2CCC2)c1-c1ccc(Cl)cc1. The van der Waals surface area contributed by atoms with Gasteiger partial charge in [-0.25, -0.2) is 8.78 Å². The quantitative estimate of drug-likeness (QED) is 0.741. The van der Waals surface area contributed by atoms with Crippen LogP contribution in [0.1, 0.15) is 50.0 Å². The molecule has 0 unspecified atom stereocenters. The Kier molecular flexibility index (Phi) is 4.70. The number of benzene rings is 1. The molecule has 1 aromatic heterocycles. The fourth-order valence-corrected chi connectivity index (χ4v) is 4.17. The summed E-state index contributed by atoms with van der Waals surface area (Å²) in [7, 11) is 1.86. The van der Waals surface area contributed by atoms with Crippen molar-refractivity contribution in [3.63, 3.8) is 0 Å². The summed E-state index contributed by atoms with van der Waals surface area (Å²) in [5, 5.41) is 8.09. The lowest BCUT2D eigenvalue weighted by atomic mass is 9.78. The molecule has 7 heteroatoms. The monoisotopic (exact) mass is 393 g/mol. The highest BCUT2D eigenvalue weighted by Gasteiger charge is 2.45. The van der Waals surface area contributed by atoms with Gasteiger partial charge in [-0.3, -0.25) is 9.48 Å². The molecule has 1 aromatic carbocycles. The second-order valence-corrected chi connectivity index (χ2v) is 8.19. The van der Waals surface area contributed by atoms with Gasteiger partial charge in [0.1, 0.15) is 0 Å². The first-order valence-corrected chi connectivity index (χ1v) is 9.71. The minimum Gasteiger partial charge on any atom is -0.309 e. The number of halogens is 3. The van der Waals surface area contributed by atoms with E-state index in [1.54, 1.807) is 4.68 Å². The van der Waals surface area contributed by atoms with E-state index in [9.17, 15) is 13.6 Å². The summed E-state index contributed by atoms with van der Waals surface area (Å²) in [6.07, 6.45) is 2.99. The number of hydrogen-bond acceptors (Lipinski definition) is 2. The van der Waals surface area contributed by atoms with Gasteiger partial charge in [-0.15, -0.1) is 0 Å². The third kappa shape index (κ3) is 3.72. The van der Waals surface area contributed by atoms with Crippen molar-refractivity contribution < 1.29 is 13.6 Å². The van der Waals surface area contributed by atoms with Gasteiger partial charge in [0.05, 0.1) is 5.69 Å². The molecule has 2 saturated carbocycles. The first-order chi connectivity index (χ1) is 12.8. The van der Waals surface area contributed by atoms with Crippen molar-refractivity contribution in [3.05, 3.63) is 34.9 Å². The highest BCUT2D eigenvalue weighted by atomic mass is 35.5. The van der Waals surface area contributed by atoms with Gasteiger partial charge in [-0.2, -0.15) is 5.10 Å². The van der Waals surface area contributed by atoms with Crippen molar-refractivity contribution in [2.24, 2.45) is 13.0 Å². The molecule has 2 fully saturated rings. The van der Waals surface area contributed by atoms with Crippen LogP contribution >= 0.6 is 11.6 Å². The van der Waals surface area contributed by atoms with Crippen LogP contribution in [0.15, 0.2) is 24.3 Å². The van der Waals surface area contributed by atoms with Crippen LogP contribution in [0.3, 0.4) is 0 Å². The van der Waals surface area contributed by atoms with Gasteiger partial charge in [0.2, 0.25) is 11.8 Å². The molecule has 1 amide bonds. The van der Waals surface area contributed by atoms with E-state index in [0.717, 1.165) is 36.1 Å². The molecule has 0 atom stereocenters. The topological polar surface area (TPSA) is 46.9 Å². The molecule has 4 rings (SSSR count). The Labute approximate surface area is 161 Å². The zero-order chi connectivity index (χ0) is 19.2. The lowest BCUT2D eigenvalue weighted by Gasteiger charge is -2.34. The van der Waals surface area contributed by atoms with Crippen LogP contribution in [0.25, 0.3) is 11.3 Å². The van der Waals surface area contributed by atoms with Gasteiger partial charge >= 0.3 is 0 Å². The number of hydrogen-bond donors (Lipinski definition) is 1. The zero-order valence-corrected chi connectivity index (χ0v) is 15.9. The number of aromatic nitrogens is 2. The summed E-state index contributed by atoms with van der Waals surface area (Å²) in [6.45, 7) is 0. The van der Waals surface area contributed by atoms with E-state index in [0.29, 0.717) is 16.8 Å². The molecule has 4 nitrogen and oxygen atoms in total. The van der Waals surface area contributed by atoms with Gasteiger partial charge < -0.3 is 5.32 Å². The number of nitrogens with one attached hydrogen (secondary N) is 1. The van der Waals surface area contributed by atoms with Gasteiger partial charge in [0, 0.05) is 42.5 Å². The Morgan fingerprint density at radius 3 is 2.52 bits per heavy atom. The molecule has 27 heavy (non-hydrogen) atoms. The van der Waals surface area contributed by atoms with Crippen LogP contribution in [0, 0.1) is 5.92 Å². The molecule has 1 N–H and O–H groups in total. The number of carbonyl (C=O) groups excluding carboxylic acids is 1. The third-order valence-electron chi connectivity index (χ3n) is 5.62. The maximum absolute atomic E-state index is 13.0. The largest absolute Gasteiger partial charge is 0.309 e. The number of alkyl halides is 2. The Hall–Kier alpha value is -1.95. The van der Waals surface area contributed by atoms with Crippen LogP contribution in [-0.2, 0) is 11.8 Å². The van der Waals surface area contributed by atoms with Crippen LogP contribution < -0.4 is 5.32 Å². The van der Waals surface area contributed by atoms with E-state index in [1.807, 2.05) is 31.3 Å². The summed E-state index contributed by atoms with van der Waals surface area (Å²) in [6, 6.07) is 7.57. The Morgan fingerprint density at radius 2 is 1.96 bits per heavy atom. The molecule has 0 bridgehead atoms. The number of anilines is 1. The van der Waals surface area contributed by atoms with E-state index in [-0.39, 0.29) is 31.1 Å². The van der Waals surface area contributed by atoms with E-state index in [4.69, 9.17) is 11.6 Å². The van der Waals surface area contributed by atoms with E-state index < -0.39 is 5.92 Å². The van der Waals surface area contributed by atoms with Crippen LogP contribution in [0.5, 0.6) is 0 Å². The van der Waals surface area contributed by atoms with Gasteiger partial charge in [-0.05, 0) is 36.8 Å². The van der Waals surface area contributed by atoms with Gasteiger partial charge in [0.25, 0.3) is 0 Å². The van der Waals surface area contributed by atoms with Crippen molar-refractivity contribution in [2.75, 3.05) is 5.32 Å². The van der Waals surface area contributed by atoms with Crippen molar-refractivity contribution in [2.45, 2.75) is 50.4 Å². The Morgan fingerprint density at radius 1 is 1.30 bits per heavy atom. The predicted molar refractivity (Wildman–Crippen MR) is 101 cm³/mol. The molecule has 0 saturated heterocycles. The molecular weight excluding hydrogens is 372 g/mol. The zero-order valence-electron chi connectivity index (χ0n) is 15.1. The van der Waals surface area contributed by atoms with Crippen molar-refractivity contribution in [1.29, 1.82) is 0 Å². The molecule has 0 radical (unpaired) electrons. The standard InChI is InChI=1S/C20H22ClF2N3O/c1-26-18(14-5-7-15(21)8-6-14)17(13-3-2-4-13)19(25-26)24-16(27)9-12-10-20(22,23)11-12/h5-8,12-13H,2-4,9-11H2,1H3,(H,24,25,27). The first kappa shape index (κ1) is 18.4. The Bertz CT molecular complexity index is 851. The highest BCUT2D eigenvalue weighted by molar-refractivity contribution is 6.30. The second-order valence-electron chi connectivity index (χ2n) is 7.75. The summed E-state index contributed by atoms with van der Waals surface area (Å²) in [4.78, 5) is 12.4. The Balaban J connectivity index is 1.58. The first-order valence-electron chi connectivity index (χ1n) is 9.33. The molecule has 0 spiro atoms. The summed E-state index contributed by atoms with van der Waals surface area (Å²) in [5.74, 6) is -2.17. The van der Waals surface area contributed by atoms with E-state index >= 15 is 0 Å². The summed E-state index contributed by atoms with van der Waals surface area (Å²) in [5.41, 5.74) is 3.01. The summed E-state index contributed by atoms with van der Waals surface area (Å²) < 4.78 is 27.8. The minimum absolute atomic E-state index is 0.118. The minimum atomic E-state index is -2.60. The fraction of sp³-hybridized carbons (Fsp3) is 0.500. The smallest absolute Gasteiger partial charge is 0.248 e. The van der Waals surface area contributed by atoms with Gasteiger partial charge in [-0.1, -0.05) is 30.2 Å². The highest BCUT2D eigenvalue weighted by Crippen LogP contribution is 2.46. The molecule has 2 aromatic rings. The number of amides is 1. The lowest BCUT2D eigenvalue weighted by Crippen LogP contribution is -2.37. The van der Waals surface area contributed by atoms with Crippen molar-refractivity contribution >= 4 is 23.3 Å². The number of nitrogens with zero attached hydrogens (tertiary/aromatic N) is 2. The molecule has 1 heterocycles. The average molecular weight is 394 g/mol. The normalized spacial score (nSPS) is 19.4. The second kappa shape index (κ2) is 6.89. The van der Waals surface area contributed by atoms with Crippen LogP contribution in [0.4, 0.5) is 14.6 Å². The molecule has 0 aliphatic heterocycles. The maximum Gasteiger partial charge on any atom is 0.248 e. The number of carbonyl (C=O) groups is 1. The average Bonchev–Trinajstić information content (AvgIpc) is 2.81. The fourth-order valence-electron chi connectivity index (χ4n) is 4.04. The predicted octanol–water partition coefficient (Wildman–Crippen LogP) is 5.38. The maximum atomic E-state index is 13.0. The van der Waals surface area contributed by atoms with E-state index in [1.165, 1.54) is 0 Å². The molecule has 144 valence electrons. The van der Waals surface area contributed by atoms with E-state index in [2.05, 4.69) is 10.4 Å². The number of rotatable bonds is 5. The summed E-state index contributed by atoms with van der Waals surface area (Å²) >= 11 is 6.01. The lowest BCUT2D eigenvalue weighted by molar-refractivity contribution is -0.129.